The molecule has 0 aliphatic heterocycles. The number of amides is 1. The van der Waals surface area contributed by atoms with Gasteiger partial charge in [0.2, 0.25) is 0 Å². The standard InChI is InChI=1S/C13H21N3OS2/c1-5-7-15-12(17)10-9(14)11(18-4)13(19-10)16(3)8-6-2/h5H,1,6-8,14H2,2-4H3,(H,15,17). The molecule has 0 aliphatic rings. The van der Waals surface area contributed by atoms with Crippen LogP contribution in [0.1, 0.15) is 23.0 Å². The number of carbonyl (C=O) groups excluding carboxylic acids is 1. The van der Waals surface area contributed by atoms with E-state index in [1.807, 2.05) is 13.3 Å². The first-order valence-corrected chi connectivity index (χ1v) is 8.17. The van der Waals surface area contributed by atoms with E-state index in [1.165, 1.54) is 11.3 Å². The summed E-state index contributed by atoms with van der Waals surface area (Å²) in [4.78, 5) is 15.8. The van der Waals surface area contributed by atoms with Crippen LogP contribution in [0.3, 0.4) is 0 Å². The van der Waals surface area contributed by atoms with E-state index in [0.29, 0.717) is 17.1 Å². The van der Waals surface area contributed by atoms with E-state index in [4.69, 9.17) is 5.73 Å². The summed E-state index contributed by atoms with van der Waals surface area (Å²) in [5.74, 6) is -0.131. The van der Waals surface area contributed by atoms with E-state index in [0.717, 1.165) is 22.9 Å². The maximum Gasteiger partial charge on any atom is 0.263 e. The molecule has 0 saturated heterocycles. The Morgan fingerprint density at radius 2 is 2.32 bits per heavy atom. The highest BCUT2D eigenvalue weighted by molar-refractivity contribution is 7.99. The summed E-state index contributed by atoms with van der Waals surface area (Å²) in [5.41, 5.74) is 6.68. The van der Waals surface area contributed by atoms with Gasteiger partial charge < -0.3 is 16.0 Å². The molecular formula is C13H21N3OS2. The number of thioether (sulfide) groups is 1. The molecule has 0 bridgehead atoms. The maximum atomic E-state index is 12.0. The van der Waals surface area contributed by atoms with E-state index in [2.05, 4.69) is 23.7 Å². The Balaban J connectivity index is 3.07. The Bertz CT molecular complexity index is 457. The first kappa shape index (κ1) is 15.9. The summed E-state index contributed by atoms with van der Waals surface area (Å²) in [6, 6.07) is 0. The number of anilines is 2. The molecule has 0 unspecified atom stereocenters. The number of nitrogens with two attached hydrogens (primary N) is 1. The van der Waals surface area contributed by atoms with Gasteiger partial charge in [0.1, 0.15) is 9.88 Å². The van der Waals surface area contributed by atoms with Crippen molar-refractivity contribution in [2.45, 2.75) is 18.2 Å². The van der Waals surface area contributed by atoms with Crippen molar-refractivity contribution in [1.29, 1.82) is 0 Å². The van der Waals surface area contributed by atoms with Gasteiger partial charge in [0.05, 0.1) is 10.6 Å². The van der Waals surface area contributed by atoms with Gasteiger partial charge in [0.15, 0.2) is 0 Å². The van der Waals surface area contributed by atoms with Gasteiger partial charge >= 0.3 is 0 Å². The molecule has 0 aromatic carbocycles. The van der Waals surface area contributed by atoms with Crippen LogP contribution in [0.25, 0.3) is 0 Å². The summed E-state index contributed by atoms with van der Waals surface area (Å²) < 4.78 is 0. The second-order valence-electron chi connectivity index (χ2n) is 4.10. The van der Waals surface area contributed by atoms with Crippen LogP contribution in [0.15, 0.2) is 17.6 Å². The summed E-state index contributed by atoms with van der Waals surface area (Å²) in [7, 11) is 2.03. The normalized spacial score (nSPS) is 10.3. The highest BCUT2D eigenvalue weighted by atomic mass is 32.2. The van der Waals surface area contributed by atoms with Gasteiger partial charge in [-0.05, 0) is 12.7 Å². The van der Waals surface area contributed by atoms with Gasteiger partial charge in [-0.1, -0.05) is 13.0 Å². The predicted octanol–water partition coefficient (Wildman–Crippen LogP) is 2.81. The van der Waals surface area contributed by atoms with Crippen LogP contribution < -0.4 is 16.0 Å². The van der Waals surface area contributed by atoms with Crippen molar-refractivity contribution >= 4 is 39.7 Å². The number of nitrogen functional groups attached to an aromatic ring is 1. The molecular weight excluding hydrogens is 278 g/mol. The summed E-state index contributed by atoms with van der Waals surface area (Å²) in [5, 5.41) is 3.84. The fourth-order valence-electron chi connectivity index (χ4n) is 1.72. The van der Waals surface area contributed by atoms with E-state index in [-0.39, 0.29) is 5.91 Å². The van der Waals surface area contributed by atoms with Gasteiger partial charge in [0, 0.05) is 20.1 Å². The minimum Gasteiger partial charge on any atom is -0.396 e. The third-order valence-corrected chi connectivity index (χ3v) is 4.87. The second kappa shape index (κ2) is 7.45. The zero-order valence-electron chi connectivity index (χ0n) is 11.7. The minimum atomic E-state index is -0.131. The number of hydrogen-bond donors (Lipinski definition) is 2. The number of rotatable bonds is 7. The molecule has 6 heteroatoms. The Hall–Kier alpha value is -1.14. The Kier molecular flexibility index (Phi) is 6.24. The molecule has 1 aromatic rings. The topological polar surface area (TPSA) is 58.4 Å². The molecule has 0 fully saturated rings. The monoisotopic (exact) mass is 299 g/mol. The lowest BCUT2D eigenvalue weighted by Gasteiger charge is -2.17. The lowest BCUT2D eigenvalue weighted by atomic mass is 10.3. The number of nitrogens with one attached hydrogen (secondary N) is 1. The smallest absolute Gasteiger partial charge is 0.263 e. The van der Waals surface area contributed by atoms with Crippen molar-refractivity contribution in [3.63, 3.8) is 0 Å². The highest BCUT2D eigenvalue weighted by Crippen LogP contribution is 2.43. The lowest BCUT2D eigenvalue weighted by Crippen LogP contribution is -2.23. The molecule has 1 amide bonds. The number of hydrogen-bond acceptors (Lipinski definition) is 5. The van der Waals surface area contributed by atoms with Crippen LogP contribution in [-0.2, 0) is 0 Å². The molecule has 1 rings (SSSR count). The fraction of sp³-hybridized carbons (Fsp3) is 0.462. The quantitative estimate of drug-likeness (QED) is 0.600. The molecule has 0 atom stereocenters. The molecule has 3 N–H and O–H groups in total. The van der Waals surface area contributed by atoms with Crippen molar-refractivity contribution in [2.24, 2.45) is 0 Å². The van der Waals surface area contributed by atoms with Crippen LogP contribution in [0.5, 0.6) is 0 Å². The van der Waals surface area contributed by atoms with Crippen molar-refractivity contribution in [3.05, 3.63) is 17.5 Å². The van der Waals surface area contributed by atoms with Crippen LogP contribution in [0.4, 0.5) is 10.7 Å². The Morgan fingerprint density at radius 3 is 2.84 bits per heavy atom. The fourth-order valence-corrected chi connectivity index (χ4v) is 3.83. The number of thiophene rings is 1. The summed E-state index contributed by atoms with van der Waals surface area (Å²) in [6.45, 7) is 7.11. The first-order chi connectivity index (χ1) is 9.06. The third-order valence-electron chi connectivity index (χ3n) is 2.61. The van der Waals surface area contributed by atoms with Crippen LogP contribution >= 0.6 is 23.1 Å². The lowest BCUT2D eigenvalue weighted by molar-refractivity contribution is 0.0963. The maximum absolute atomic E-state index is 12.0. The van der Waals surface area contributed by atoms with Gasteiger partial charge in [0.25, 0.3) is 5.91 Å². The third kappa shape index (κ3) is 3.67. The first-order valence-electron chi connectivity index (χ1n) is 6.13. The summed E-state index contributed by atoms with van der Waals surface area (Å²) >= 11 is 3.03. The summed E-state index contributed by atoms with van der Waals surface area (Å²) in [6.07, 6.45) is 4.69. The predicted molar refractivity (Wildman–Crippen MR) is 86.6 cm³/mol. The molecule has 19 heavy (non-hydrogen) atoms. The van der Waals surface area contributed by atoms with E-state index in [1.54, 1.807) is 17.8 Å². The molecule has 0 saturated carbocycles. The van der Waals surface area contributed by atoms with Gasteiger partial charge in [-0.25, -0.2) is 0 Å². The van der Waals surface area contributed by atoms with Crippen molar-refractivity contribution in [2.75, 3.05) is 37.0 Å². The minimum absolute atomic E-state index is 0.131. The largest absolute Gasteiger partial charge is 0.396 e. The zero-order valence-corrected chi connectivity index (χ0v) is 13.3. The Morgan fingerprint density at radius 1 is 1.63 bits per heavy atom. The average molecular weight is 299 g/mol. The SMILES string of the molecule is C=CCNC(=O)c1sc(N(C)CCC)c(SC)c1N. The van der Waals surface area contributed by atoms with Crippen LogP contribution in [0.2, 0.25) is 0 Å². The van der Waals surface area contributed by atoms with Gasteiger partial charge in [-0.15, -0.1) is 29.7 Å². The van der Waals surface area contributed by atoms with Crippen LogP contribution in [-0.4, -0.2) is 32.3 Å². The van der Waals surface area contributed by atoms with Gasteiger partial charge in [-0.2, -0.15) is 0 Å². The van der Waals surface area contributed by atoms with Gasteiger partial charge in [-0.3, -0.25) is 4.79 Å². The molecule has 4 nitrogen and oxygen atoms in total. The molecule has 106 valence electrons. The van der Waals surface area contributed by atoms with E-state index in [9.17, 15) is 4.79 Å². The molecule has 1 aromatic heterocycles. The number of carbonyl (C=O) groups is 1. The van der Waals surface area contributed by atoms with Crippen molar-refractivity contribution in [3.8, 4) is 0 Å². The Labute approximate surface area is 123 Å². The molecule has 0 spiro atoms. The van der Waals surface area contributed by atoms with Crippen molar-refractivity contribution in [1.82, 2.24) is 5.32 Å². The molecule has 1 heterocycles. The van der Waals surface area contributed by atoms with E-state index < -0.39 is 0 Å². The second-order valence-corrected chi connectivity index (χ2v) is 5.92. The molecule has 0 radical (unpaired) electrons. The van der Waals surface area contributed by atoms with Crippen molar-refractivity contribution < 1.29 is 4.79 Å². The highest BCUT2D eigenvalue weighted by Gasteiger charge is 2.22. The van der Waals surface area contributed by atoms with Crippen LogP contribution in [0, 0.1) is 0 Å². The number of nitrogens with zero attached hydrogens (tertiary/aromatic N) is 1. The average Bonchev–Trinajstić information content (AvgIpc) is 2.73. The van der Waals surface area contributed by atoms with E-state index >= 15 is 0 Å². The molecule has 0 aliphatic carbocycles. The zero-order chi connectivity index (χ0) is 14.4.